The summed E-state index contributed by atoms with van der Waals surface area (Å²) in [6.07, 6.45) is 6.29. The first-order chi connectivity index (χ1) is 8.15. The van der Waals surface area contributed by atoms with Gasteiger partial charge in [0.05, 0.1) is 0 Å². The highest BCUT2D eigenvalue weighted by Crippen LogP contribution is 2.28. The molecule has 2 nitrogen and oxygen atoms in total. The van der Waals surface area contributed by atoms with Crippen molar-refractivity contribution in [1.29, 1.82) is 0 Å². The van der Waals surface area contributed by atoms with Crippen molar-refractivity contribution < 1.29 is 0 Å². The molecule has 0 saturated carbocycles. The molecule has 96 valence electrons. The molecule has 0 N–H and O–H groups in total. The molecule has 0 aromatic carbocycles. The van der Waals surface area contributed by atoms with Gasteiger partial charge >= 0.3 is 0 Å². The molecule has 1 aliphatic heterocycles. The first kappa shape index (κ1) is 12.8. The van der Waals surface area contributed by atoms with Crippen LogP contribution in [-0.4, -0.2) is 49.6 Å². The van der Waals surface area contributed by atoms with Crippen LogP contribution in [0.5, 0.6) is 0 Å². The number of nitrogens with zero attached hydrogens (tertiary/aromatic N) is 2. The first-order valence-electron chi connectivity index (χ1n) is 6.89. The van der Waals surface area contributed by atoms with Crippen LogP contribution < -0.4 is 0 Å². The lowest BCUT2D eigenvalue weighted by molar-refractivity contribution is 0.162. The number of hydrogen-bond acceptors (Lipinski definition) is 2. The Morgan fingerprint density at radius 3 is 2.59 bits per heavy atom. The average Bonchev–Trinajstić information content (AvgIpc) is 2.33. The maximum Gasteiger partial charge on any atom is 0.0193 e. The van der Waals surface area contributed by atoms with Crippen molar-refractivity contribution in [2.45, 2.75) is 26.2 Å². The van der Waals surface area contributed by atoms with Gasteiger partial charge in [0.15, 0.2) is 0 Å². The van der Waals surface area contributed by atoms with Gasteiger partial charge in [-0.2, -0.15) is 0 Å². The van der Waals surface area contributed by atoms with Gasteiger partial charge in [0, 0.05) is 32.7 Å². The molecule has 0 aromatic heterocycles. The summed E-state index contributed by atoms with van der Waals surface area (Å²) in [5.41, 5.74) is 3.02. The zero-order valence-electron chi connectivity index (χ0n) is 11.4. The molecule has 17 heavy (non-hydrogen) atoms. The Balaban J connectivity index is 1.79. The molecule has 1 fully saturated rings. The molecule has 0 unspecified atom stereocenters. The van der Waals surface area contributed by atoms with Crippen LogP contribution in [0.15, 0.2) is 23.8 Å². The summed E-state index contributed by atoms with van der Waals surface area (Å²) in [6, 6.07) is 0. The molecular weight excluding hydrogens is 208 g/mol. The highest BCUT2D eigenvalue weighted by atomic mass is 15.2. The van der Waals surface area contributed by atoms with Gasteiger partial charge in [0.2, 0.25) is 0 Å². The van der Waals surface area contributed by atoms with E-state index in [4.69, 9.17) is 0 Å². The van der Waals surface area contributed by atoms with Crippen molar-refractivity contribution in [3.05, 3.63) is 23.8 Å². The van der Waals surface area contributed by atoms with Crippen LogP contribution in [0.1, 0.15) is 26.2 Å². The smallest absolute Gasteiger partial charge is 0.0193 e. The summed E-state index contributed by atoms with van der Waals surface area (Å²) in [5, 5.41) is 0. The van der Waals surface area contributed by atoms with Crippen molar-refractivity contribution in [3.8, 4) is 0 Å². The summed E-state index contributed by atoms with van der Waals surface area (Å²) < 4.78 is 0. The van der Waals surface area contributed by atoms with E-state index in [1.54, 1.807) is 5.57 Å². The van der Waals surface area contributed by atoms with E-state index in [0.717, 1.165) is 5.92 Å². The largest absolute Gasteiger partial charge is 0.304 e. The maximum absolute atomic E-state index is 4.08. The second-order valence-corrected chi connectivity index (χ2v) is 5.76. The van der Waals surface area contributed by atoms with Crippen molar-refractivity contribution in [2.24, 2.45) is 5.92 Å². The lowest BCUT2D eigenvalue weighted by Crippen LogP contribution is -2.45. The minimum Gasteiger partial charge on any atom is -0.304 e. The van der Waals surface area contributed by atoms with Crippen LogP contribution in [-0.2, 0) is 0 Å². The summed E-state index contributed by atoms with van der Waals surface area (Å²) >= 11 is 0. The van der Waals surface area contributed by atoms with Crippen LogP contribution >= 0.6 is 0 Å². The lowest BCUT2D eigenvalue weighted by Gasteiger charge is -2.34. The Morgan fingerprint density at radius 2 is 2.06 bits per heavy atom. The molecule has 1 aliphatic carbocycles. The molecule has 2 rings (SSSR count). The zero-order valence-corrected chi connectivity index (χ0v) is 11.4. The van der Waals surface area contributed by atoms with E-state index >= 15 is 0 Å². The Hall–Kier alpha value is -0.600. The van der Waals surface area contributed by atoms with Crippen molar-refractivity contribution in [1.82, 2.24) is 9.80 Å². The number of rotatable bonds is 3. The van der Waals surface area contributed by atoms with Gasteiger partial charge in [0.1, 0.15) is 0 Å². The number of allylic oxidation sites excluding steroid dienone is 2. The third kappa shape index (κ3) is 3.68. The fraction of sp³-hybridized carbons (Fsp3) is 0.733. The average molecular weight is 234 g/mol. The Kier molecular flexibility index (Phi) is 4.41. The van der Waals surface area contributed by atoms with E-state index in [2.05, 4.69) is 36.4 Å². The molecule has 1 atom stereocenters. The molecule has 1 heterocycles. The summed E-state index contributed by atoms with van der Waals surface area (Å²) in [4.78, 5) is 5.02. The molecule has 0 spiro atoms. The Morgan fingerprint density at radius 1 is 1.35 bits per heavy atom. The summed E-state index contributed by atoms with van der Waals surface area (Å²) in [7, 11) is 2.22. The minimum absolute atomic E-state index is 0.742. The quantitative estimate of drug-likeness (QED) is 0.692. The van der Waals surface area contributed by atoms with Gasteiger partial charge in [-0.15, -0.1) is 0 Å². The van der Waals surface area contributed by atoms with Crippen LogP contribution in [0.4, 0.5) is 0 Å². The number of likely N-dealkylation sites (N-methyl/N-ethyl adjacent to an activating group) is 1. The predicted molar refractivity (Wildman–Crippen MR) is 74.2 cm³/mol. The molecule has 0 bridgehead atoms. The molecule has 1 saturated heterocycles. The van der Waals surface area contributed by atoms with Crippen LogP contribution in [0.25, 0.3) is 0 Å². The number of hydrogen-bond donors (Lipinski definition) is 0. The van der Waals surface area contributed by atoms with Gasteiger partial charge in [-0.05, 0) is 39.2 Å². The zero-order chi connectivity index (χ0) is 12.3. The van der Waals surface area contributed by atoms with Gasteiger partial charge in [-0.3, -0.25) is 4.90 Å². The highest BCUT2D eigenvalue weighted by molar-refractivity contribution is 5.13. The van der Waals surface area contributed by atoms with Crippen LogP contribution in [0.2, 0.25) is 0 Å². The monoisotopic (exact) mass is 234 g/mol. The molecular formula is C15H26N2. The van der Waals surface area contributed by atoms with Gasteiger partial charge < -0.3 is 4.90 Å². The normalized spacial score (nSPS) is 27.9. The minimum atomic E-state index is 0.742. The van der Waals surface area contributed by atoms with Crippen LogP contribution in [0.3, 0.4) is 0 Å². The number of piperazine rings is 1. The SMILES string of the molecule is C=C(C)[C@H]1CC=C(CN2CCN(C)CC2)CC1. The van der Waals surface area contributed by atoms with Crippen molar-refractivity contribution in [2.75, 3.05) is 39.8 Å². The van der Waals surface area contributed by atoms with Gasteiger partial charge in [0.25, 0.3) is 0 Å². The summed E-state index contributed by atoms with van der Waals surface area (Å²) in [5.74, 6) is 0.742. The fourth-order valence-corrected chi connectivity index (χ4v) is 2.77. The second-order valence-electron chi connectivity index (χ2n) is 5.76. The van der Waals surface area contributed by atoms with E-state index in [1.165, 1.54) is 57.6 Å². The predicted octanol–water partition coefficient (Wildman–Crippen LogP) is 2.54. The van der Waals surface area contributed by atoms with E-state index in [0.29, 0.717) is 0 Å². The fourth-order valence-electron chi connectivity index (χ4n) is 2.77. The summed E-state index contributed by atoms with van der Waals surface area (Å²) in [6.45, 7) is 12.4. The maximum atomic E-state index is 4.08. The lowest BCUT2D eigenvalue weighted by atomic mass is 9.85. The van der Waals surface area contributed by atoms with Crippen molar-refractivity contribution in [3.63, 3.8) is 0 Å². The van der Waals surface area contributed by atoms with Crippen molar-refractivity contribution >= 4 is 0 Å². The van der Waals surface area contributed by atoms with Gasteiger partial charge in [-0.1, -0.05) is 23.8 Å². The topological polar surface area (TPSA) is 6.48 Å². The van der Waals surface area contributed by atoms with Gasteiger partial charge in [-0.25, -0.2) is 0 Å². The third-order valence-electron chi connectivity index (χ3n) is 4.22. The standard InChI is InChI=1S/C15H26N2/c1-13(2)15-6-4-14(5-7-15)12-17-10-8-16(3)9-11-17/h4,15H,1,5-12H2,2-3H3/t15-/m0/s1. The van der Waals surface area contributed by atoms with E-state index in [9.17, 15) is 0 Å². The molecule has 2 aliphatic rings. The van der Waals surface area contributed by atoms with E-state index in [1.807, 2.05) is 0 Å². The third-order valence-corrected chi connectivity index (χ3v) is 4.22. The Labute approximate surface area is 106 Å². The second kappa shape index (κ2) is 5.83. The molecule has 0 radical (unpaired) electrons. The molecule has 0 aromatic rings. The van der Waals surface area contributed by atoms with E-state index < -0.39 is 0 Å². The first-order valence-corrected chi connectivity index (χ1v) is 6.89. The van der Waals surface area contributed by atoms with E-state index in [-0.39, 0.29) is 0 Å². The molecule has 2 heteroatoms. The highest BCUT2D eigenvalue weighted by Gasteiger charge is 2.18. The van der Waals surface area contributed by atoms with Crippen LogP contribution in [0, 0.1) is 5.92 Å². The molecule has 0 amide bonds. The Bertz CT molecular complexity index is 298.